The minimum atomic E-state index is -4.71. The standard InChI is InChI=1S/C13H15F3O4/c1-2-19-12(17)9-18-7-6-10-4-3-5-11(8-10)20-13(14,15)16/h3-5,8H,2,6-7,9H2,1H3. The van der Waals surface area contributed by atoms with Crippen LogP contribution in [0, 0.1) is 0 Å². The van der Waals surface area contributed by atoms with Crippen LogP contribution in [0.3, 0.4) is 0 Å². The molecule has 7 heteroatoms. The second-order valence-electron chi connectivity index (χ2n) is 3.80. The van der Waals surface area contributed by atoms with E-state index in [-0.39, 0.29) is 25.6 Å². The van der Waals surface area contributed by atoms with Gasteiger partial charge in [0, 0.05) is 0 Å². The summed E-state index contributed by atoms with van der Waals surface area (Å²) in [4.78, 5) is 11.0. The van der Waals surface area contributed by atoms with Crippen LogP contribution in [0.1, 0.15) is 12.5 Å². The van der Waals surface area contributed by atoms with Crippen molar-refractivity contribution < 1.29 is 32.2 Å². The number of carbonyl (C=O) groups is 1. The van der Waals surface area contributed by atoms with Gasteiger partial charge in [-0.15, -0.1) is 13.2 Å². The van der Waals surface area contributed by atoms with Gasteiger partial charge in [-0.25, -0.2) is 4.79 Å². The molecule has 0 N–H and O–H groups in total. The van der Waals surface area contributed by atoms with Crippen LogP contribution in [0.25, 0.3) is 0 Å². The van der Waals surface area contributed by atoms with Crippen LogP contribution in [-0.4, -0.2) is 32.2 Å². The summed E-state index contributed by atoms with van der Waals surface area (Å²) >= 11 is 0. The first-order valence-corrected chi connectivity index (χ1v) is 5.99. The third kappa shape index (κ3) is 6.98. The van der Waals surface area contributed by atoms with Crippen LogP contribution in [0.4, 0.5) is 13.2 Å². The molecule has 0 spiro atoms. The molecular formula is C13H15F3O4. The summed E-state index contributed by atoms with van der Waals surface area (Å²) in [6.45, 7) is 1.99. The molecule has 0 aliphatic rings. The molecule has 1 aromatic carbocycles. The fourth-order valence-electron chi connectivity index (χ4n) is 1.45. The molecule has 0 heterocycles. The number of alkyl halides is 3. The van der Waals surface area contributed by atoms with Gasteiger partial charge in [-0.3, -0.25) is 0 Å². The highest BCUT2D eigenvalue weighted by atomic mass is 19.4. The van der Waals surface area contributed by atoms with Crippen molar-refractivity contribution in [3.05, 3.63) is 29.8 Å². The number of rotatable bonds is 7. The number of halogens is 3. The lowest BCUT2D eigenvalue weighted by Crippen LogP contribution is -2.17. The van der Waals surface area contributed by atoms with E-state index in [1.54, 1.807) is 13.0 Å². The lowest BCUT2D eigenvalue weighted by atomic mass is 10.1. The van der Waals surface area contributed by atoms with Gasteiger partial charge in [0.25, 0.3) is 0 Å². The summed E-state index contributed by atoms with van der Waals surface area (Å²) in [6.07, 6.45) is -4.34. The first kappa shape index (κ1) is 16.3. The molecular weight excluding hydrogens is 277 g/mol. The smallest absolute Gasteiger partial charge is 0.464 e. The van der Waals surface area contributed by atoms with Crippen LogP contribution in [0.2, 0.25) is 0 Å². The Labute approximate surface area is 114 Å². The van der Waals surface area contributed by atoms with Crippen molar-refractivity contribution in [2.75, 3.05) is 19.8 Å². The average Bonchev–Trinajstić information content (AvgIpc) is 2.33. The van der Waals surface area contributed by atoms with E-state index in [1.807, 2.05) is 0 Å². The maximum absolute atomic E-state index is 12.0. The third-order valence-electron chi connectivity index (χ3n) is 2.19. The fraction of sp³-hybridized carbons (Fsp3) is 0.462. The Kier molecular flexibility index (Phi) is 6.30. The zero-order valence-electron chi connectivity index (χ0n) is 10.9. The summed E-state index contributed by atoms with van der Waals surface area (Å²) in [5.74, 6) is -0.748. The van der Waals surface area contributed by atoms with Crippen molar-refractivity contribution in [2.24, 2.45) is 0 Å². The van der Waals surface area contributed by atoms with Crippen molar-refractivity contribution in [1.82, 2.24) is 0 Å². The van der Waals surface area contributed by atoms with Gasteiger partial charge in [0.15, 0.2) is 0 Å². The Morgan fingerprint density at radius 1 is 1.30 bits per heavy atom. The van der Waals surface area contributed by atoms with E-state index in [2.05, 4.69) is 9.47 Å². The molecule has 0 atom stereocenters. The highest BCUT2D eigenvalue weighted by Gasteiger charge is 2.31. The Balaban J connectivity index is 2.37. The topological polar surface area (TPSA) is 44.8 Å². The Hall–Kier alpha value is -1.76. The highest BCUT2D eigenvalue weighted by molar-refractivity contribution is 5.70. The third-order valence-corrected chi connectivity index (χ3v) is 2.19. The molecule has 0 aliphatic carbocycles. The summed E-state index contributed by atoms with van der Waals surface area (Å²) in [7, 11) is 0. The largest absolute Gasteiger partial charge is 0.573 e. The van der Waals surface area contributed by atoms with Gasteiger partial charge in [-0.2, -0.15) is 0 Å². The molecule has 0 aromatic heterocycles. The first-order valence-electron chi connectivity index (χ1n) is 5.99. The maximum Gasteiger partial charge on any atom is 0.573 e. The summed E-state index contributed by atoms with van der Waals surface area (Å²) in [5.41, 5.74) is 0.621. The quantitative estimate of drug-likeness (QED) is 0.572. The van der Waals surface area contributed by atoms with Crippen molar-refractivity contribution >= 4 is 5.97 Å². The van der Waals surface area contributed by atoms with Crippen LogP contribution in [0.5, 0.6) is 5.75 Å². The SMILES string of the molecule is CCOC(=O)COCCc1cccc(OC(F)(F)F)c1. The predicted molar refractivity (Wildman–Crippen MR) is 64.3 cm³/mol. The lowest BCUT2D eigenvalue weighted by Gasteiger charge is -2.10. The summed E-state index contributed by atoms with van der Waals surface area (Å²) in [5, 5.41) is 0. The molecule has 0 unspecified atom stereocenters. The van der Waals surface area contributed by atoms with E-state index < -0.39 is 12.3 Å². The second kappa shape index (κ2) is 7.74. The zero-order chi connectivity index (χ0) is 15.0. The normalized spacial score (nSPS) is 11.2. The van der Waals surface area contributed by atoms with Gasteiger partial charge in [0.1, 0.15) is 12.4 Å². The lowest BCUT2D eigenvalue weighted by molar-refractivity contribution is -0.274. The van der Waals surface area contributed by atoms with Crippen molar-refractivity contribution in [2.45, 2.75) is 19.7 Å². The number of carbonyl (C=O) groups excluding carboxylic acids is 1. The van der Waals surface area contributed by atoms with Gasteiger partial charge < -0.3 is 14.2 Å². The second-order valence-corrected chi connectivity index (χ2v) is 3.80. The molecule has 0 aliphatic heterocycles. The van der Waals surface area contributed by atoms with Gasteiger partial charge in [-0.1, -0.05) is 12.1 Å². The number of hydrogen-bond donors (Lipinski definition) is 0. The maximum atomic E-state index is 12.0. The molecule has 20 heavy (non-hydrogen) atoms. The van der Waals surface area contributed by atoms with Crippen LogP contribution >= 0.6 is 0 Å². The first-order chi connectivity index (χ1) is 9.40. The molecule has 0 saturated heterocycles. The summed E-state index contributed by atoms with van der Waals surface area (Å²) in [6, 6.07) is 5.61. The van der Waals surface area contributed by atoms with E-state index in [4.69, 9.17) is 4.74 Å². The number of ether oxygens (including phenoxy) is 3. The molecule has 4 nitrogen and oxygen atoms in total. The van der Waals surface area contributed by atoms with Crippen molar-refractivity contribution in [3.63, 3.8) is 0 Å². The molecule has 112 valence electrons. The summed E-state index contributed by atoms with van der Waals surface area (Å²) < 4.78 is 49.6. The minimum absolute atomic E-state index is 0.174. The molecule has 0 bridgehead atoms. The number of hydrogen-bond acceptors (Lipinski definition) is 4. The molecule has 0 saturated carbocycles. The monoisotopic (exact) mass is 292 g/mol. The van der Waals surface area contributed by atoms with Gasteiger partial charge >= 0.3 is 12.3 Å². The van der Waals surface area contributed by atoms with E-state index >= 15 is 0 Å². The van der Waals surface area contributed by atoms with E-state index in [9.17, 15) is 18.0 Å². The van der Waals surface area contributed by atoms with E-state index in [0.717, 1.165) is 0 Å². The molecule has 1 aromatic rings. The molecule has 1 rings (SSSR count). The Morgan fingerprint density at radius 3 is 2.70 bits per heavy atom. The molecule has 0 radical (unpaired) electrons. The number of benzene rings is 1. The van der Waals surface area contributed by atoms with Gasteiger partial charge in [-0.05, 0) is 31.0 Å². The minimum Gasteiger partial charge on any atom is -0.464 e. The number of esters is 1. The highest BCUT2D eigenvalue weighted by Crippen LogP contribution is 2.23. The van der Waals surface area contributed by atoms with Crippen LogP contribution in [-0.2, 0) is 20.7 Å². The molecule has 0 amide bonds. The Bertz CT molecular complexity index is 432. The van der Waals surface area contributed by atoms with E-state index in [1.165, 1.54) is 18.2 Å². The van der Waals surface area contributed by atoms with Crippen LogP contribution in [0.15, 0.2) is 24.3 Å². The van der Waals surface area contributed by atoms with Crippen molar-refractivity contribution in [1.29, 1.82) is 0 Å². The van der Waals surface area contributed by atoms with Crippen LogP contribution < -0.4 is 4.74 Å². The van der Waals surface area contributed by atoms with E-state index in [0.29, 0.717) is 12.0 Å². The van der Waals surface area contributed by atoms with Crippen molar-refractivity contribution in [3.8, 4) is 5.75 Å². The fourth-order valence-corrected chi connectivity index (χ4v) is 1.45. The predicted octanol–water partition coefficient (Wildman–Crippen LogP) is 2.71. The average molecular weight is 292 g/mol. The van der Waals surface area contributed by atoms with Gasteiger partial charge in [0.2, 0.25) is 0 Å². The van der Waals surface area contributed by atoms with Gasteiger partial charge in [0.05, 0.1) is 13.2 Å². The zero-order valence-corrected chi connectivity index (χ0v) is 10.9. The molecule has 0 fully saturated rings. The Morgan fingerprint density at radius 2 is 2.05 bits per heavy atom.